The quantitative estimate of drug-likeness (QED) is 0.871. The highest BCUT2D eigenvalue weighted by atomic mass is 32.1. The third-order valence-electron chi connectivity index (χ3n) is 3.88. The summed E-state index contributed by atoms with van der Waals surface area (Å²) in [6.07, 6.45) is 4.54. The zero-order valence-electron chi connectivity index (χ0n) is 11.2. The molecule has 19 heavy (non-hydrogen) atoms. The van der Waals surface area contributed by atoms with Gasteiger partial charge >= 0.3 is 0 Å². The van der Waals surface area contributed by atoms with Crippen LogP contribution in [-0.4, -0.2) is 31.3 Å². The van der Waals surface area contributed by atoms with Crippen molar-refractivity contribution in [1.82, 2.24) is 5.32 Å². The lowest BCUT2D eigenvalue weighted by atomic mass is 9.79. The predicted molar refractivity (Wildman–Crippen MR) is 75.7 cm³/mol. The lowest BCUT2D eigenvalue weighted by Crippen LogP contribution is -2.35. The third kappa shape index (κ3) is 3.48. The standard InChI is InChI=1S/C14H21NO3S/c1-18-12-6-7-19-13(12)14(17)15-8-10-4-2-3-5-11(10)9-16/h6-7,10-11,16H,2-5,8-9H2,1H3,(H,15,17). The average molecular weight is 283 g/mol. The van der Waals surface area contributed by atoms with E-state index >= 15 is 0 Å². The van der Waals surface area contributed by atoms with Gasteiger partial charge in [-0.2, -0.15) is 0 Å². The normalized spacial score (nSPS) is 23.1. The maximum Gasteiger partial charge on any atom is 0.265 e. The van der Waals surface area contributed by atoms with Gasteiger partial charge in [-0.1, -0.05) is 12.8 Å². The number of hydrogen-bond donors (Lipinski definition) is 2. The molecule has 0 bridgehead atoms. The first-order valence-corrected chi connectivity index (χ1v) is 7.64. The molecule has 1 aliphatic carbocycles. The van der Waals surface area contributed by atoms with Crippen LogP contribution in [0, 0.1) is 11.8 Å². The Morgan fingerprint density at radius 1 is 1.47 bits per heavy atom. The molecule has 5 heteroatoms. The monoisotopic (exact) mass is 283 g/mol. The third-order valence-corrected chi connectivity index (χ3v) is 4.78. The number of nitrogens with one attached hydrogen (secondary N) is 1. The minimum absolute atomic E-state index is 0.0749. The van der Waals surface area contributed by atoms with E-state index in [1.165, 1.54) is 24.2 Å². The molecular formula is C14H21NO3S. The van der Waals surface area contributed by atoms with Crippen LogP contribution in [0.1, 0.15) is 35.4 Å². The minimum atomic E-state index is -0.0749. The molecule has 1 aliphatic rings. The van der Waals surface area contributed by atoms with E-state index in [-0.39, 0.29) is 12.5 Å². The molecule has 1 saturated carbocycles. The smallest absolute Gasteiger partial charge is 0.265 e. The van der Waals surface area contributed by atoms with Crippen LogP contribution >= 0.6 is 11.3 Å². The number of carbonyl (C=O) groups excluding carboxylic acids is 1. The first-order chi connectivity index (χ1) is 9.26. The summed E-state index contributed by atoms with van der Waals surface area (Å²) in [5.74, 6) is 1.28. The van der Waals surface area contributed by atoms with E-state index < -0.39 is 0 Å². The second-order valence-corrected chi connectivity index (χ2v) is 5.93. The highest BCUT2D eigenvalue weighted by Gasteiger charge is 2.25. The lowest BCUT2D eigenvalue weighted by Gasteiger charge is -2.30. The van der Waals surface area contributed by atoms with Crippen molar-refractivity contribution < 1.29 is 14.6 Å². The molecule has 2 N–H and O–H groups in total. The lowest BCUT2D eigenvalue weighted by molar-refractivity contribution is 0.0910. The number of thiophene rings is 1. The molecule has 1 fully saturated rings. The molecule has 0 saturated heterocycles. The van der Waals surface area contributed by atoms with Crippen molar-refractivity contribution in [1.29, 1.82) is 0 Å². The molecule has 1 aromatic rings. The van der Waals surface area contributed by atoms with Crippen molar-refractivity contribution in [3.05, 3.63) is 16.3 Å². The summed E-state index contributed by atoms with van der Waals surface area (Å²) < 4.78 is 5.15. The van der Waals surface area contributed by atoms with Crippen molar-refractivity contribution in [3.63, 3.8) is 0 Å². The topological polar surface area (TPSA) is 58.6 Å². The van der Waals surface area contributed by atoms with Gasteiger partial charge in [0.1, 0.15) is 10.6 Å². The van der Waals surface area contributed by atoms with Crippen LogP contribution in [0.15, 0.2) is 11.4 Å². The van der Waals surface area contributed by atoms with E-state index in [2.05, 4.69) is 5.32 Å². The van der Waals surface area contributed by atoms with Gasteiger partial charge in [0.15, 0.2) is 0 Å². The number of methoxy groups -OCH3 is 1. The second-order valence-electron chi connectivity index (χ2n) is 5.02. The molecule has 2 unspecified atom stereocenters. The van der Waals surface area contributed by atoms with Crippen LogP contribution in [0.25, 0.3) is 0 Å². The fourth-order valence-corrected chi connectivity index (χ4v) is 3.50. The molecule has 0 aromatic carbocycles. The number of hydrogen-bond acceptors (Lipinski definition) is 4. The number of carbonyl (C=O) groups is 1. The number of ether oxygens (including phenoxy) is 1. The van der Waals surface area contributed by atoms with E-state index in [1.807, 2.05) is 5.38 Å². The Morgan fingerprint density at radius 2 is 2.21 bits per heavy atom. The summed E-state index contributed by atoms with van der Waals surface area (Å²) >= 11 is 1.39. The number of aliphatic hydroxyl groups is 1. The zero-order valence-corrected chi connectivity index (χ0v) is 12.0. The van der Waals surface area contributed by atoms with Crippen LogP contribution in [0.2, 0.25) is 0 Å². The average Bonchev–Trinajstić information content (AvgIpc) is 2.93. The number of rotatable bonds is 5. The number of aliphatic hydroxyl groups excluding tert-OH is 1. The van der Waals surface area contributed by atoms with Gasteiger partial charge in [0.2, 0.25) is 0 Å². The summed E-state index contributed by atoms with van der Waals surface area (Å²) in [6.45, 7) is 0.869. The Kier molecular flexibility index (Phi) is 5.22. The molecule has 0 spiro atoms. The molecule has 106 valence electrons. The molecule has 0 radical (unpaired) electrons. The molecule has 1 amide bonds. The van der Waals surface area contributed by atoms with Crippen LogP contribution < -0.4 is 10.1 Å². The molecule has 4 nitrogen and oxygen atoms in total. The van der Waals surface area contributed by atoms with E-state index in [9.17, 15) is 9.90 Å². The fourth-order valence-electron chi connectivity index (χ4n) is 2.72. The summed E-state index contributed by atoms with van der Waals surface area (Å²) in [5.41, 5.74) is 0. The Balaban J connectivity index is 1.89. The van der Waals surface area contributed by atoms with Gasteiger partial charge in [-0.05, 0) is 36.1 Å². The van der Waals surface area contributed by atoms with E-state index in [1.54, 1.807) is 13.2 Å². The maximum atomic E-state index is 12.1. The first-order valence-electron chi connectivity index (χ1n) is 6.76. The molecule has 1 aromatic heterocycles. The van der Waals surface area contributed by atoms with E-state index in [0.717, 1.165) is 12.8 Å². The minimum Gasteiger partial charge on any atom is -0.495 e. The summed E-state index contributed by atoms with van der Waals surface area (Å²) in [7, 11) is 1.57. The second kappa shape index (κ2) is 6.91. The largest absolute Gasteiger partial charge is 0.495 e. The van der Waals surface area contributed by atoms with Gasteiger partial charge in [-0.25, -0.2) is 0 Å². The zero-order chi connectivity index (χ0) is 13.7. The Morgan fingerprint density at radius 3 is 2.89 bits per heavy atom. The van der Waals surface area contributed by atoms with Gasteiger partial charge in [-0.3, -0.25) is 4.79 Å². The van der Waals surface area contributed by atoms with Crippen molar-refractivity contribution in [2.45, 2.75) is 25.7 Å². The maximum absolute atomic E-state index is 12.1. The number of amides is 1. The predicted octanol–water partition coefficient (Wildman–Crippen LogP) is 2.29. The molecule has 2 rings (SSSR count). The van der Waals surface area contributed by atoms with Gasteiger partial charge < -0.3 is 15.2 Å². The Labute approximate surface area is 117 Å². The van der Waals surface area contributed by atoms with Gasteiger partial charge in [0.05, 0.1) is 7.11 Å². The highest BCUT2D eigenvalue weighted by Crippen LogP contribution is 2.29. The van der Waals surface area contributed by atoms with Crippen molar-refractivity contribution in [3.8, 4) is 5.75 Å². The Bertz CT molecular complexity index is 419. The van der Waals surface area contributed by atoms with Crippen molar-refractivity contribution in [2.24, 2.45) is 11.8 Å². The highest BCUT2D eigenvalue weighted by molar-refractivity contribution is 7.12. The molecule has 2 atom stereocenters. The van der Waals surface area contributed by atoms with Gasteiger partial charge in [0.25, 0.3) is 5.91 Å². The van der Waals surface area contributed by atoms with Gasteiger partial charge in [0, 0.05) is 13.2 Å². The molecule has 1 heterocycles. The SMILES string of the molecule is COc1ccsc1C(=O)NCC1CCCCC1CO. The van der Waals surface area contributed by atoms with E-state index in [4.69, 9.17) is 4.74 Å². The first kappa shape index (κ1) is 14.3. The van der Waals surface area contributed by atoms with Crippen molar-refractivity contribution >= 4 is 17.2 Å². The fraction of sp³-hybridized carbons (Fsp3) is 0.643. The van der Waals surface area contributed by atoms with Gasteiger partial charge in [-0.15, -0.1) is 11.3 Å². The molecule has 0 aliphatic heterocycles. The summed E-state index contributed by atoms with van der Waals surface area (Å²) in [6, 6.07) is 1.80. The van der Waals surface area contributed by atoms with Crippen LogP contribution in [0.4, 0.5) is 0 Å². The molecular weight excluding hydrogens is 262 g/mol. The Hall–Kier alpha value is -1.07. The van der Waals surface area contributed by atoms with Crippen molar-refractivity contribution in [2.75, 3.05) is 20.3 Å². The van der Waals surface area contributed by atoms with Crippen LogP contribution in [-0.2, 0) is 0 Å². The van der Waals surface area contributed by atoms with E-state index in [0.29, 0.717) is 29.0 Å². The van der Waals surface area contributed by atoms with Crippen LogP contribution in [0.5, 0.6) is 5.75 Å². The van der Waals surface area contributed by atoms with Crippen LogP contribution in [0.3, 0.4) is 0 Å². The summed E-state index contributed by atoms with van der Waals surface area (Å²) in [4.78, 5) is 12.7. The summed E-state index contributed by atoms with van der Waals surface area (Å²) in [5, 5.41) is 14.2.